The molecular formula is C19H22N2O3. The minimum absolute atomic E-state index is 0.0154. The standard InChI is InChI=1S/C19H22N2O3/c1-13(2)20-19(23)16-11-7-8-12-17(16)21-18(22)14(3)24-15-9-5-4-6-10-15/h4-14H,1-3H3,(H,20,23)(H,21,22)/t14-/m0/s1. The summed E-state index contributed by atoms with van der Waals surface area (Å²) >= 11 is 0. The normalized spacial score (nSPS) is 11.7. The molecule has 1 atom stereocenters. The van der Waals surface area contributed by atoms with Crippen molar-refractivity contribution in [1.82, 2.24) is 5.32 Å². The molecule has 2 rings (SSSR count). The third-order valence-electron chi connectivity index (χ3n) is 3.27. The van der Waals surface area contributed by atoms with Gasteiger partial charge in [-0.15, -0.1) is 0 Å². The first-order valence-corrected chi connectivity index (χ1v) is 7.90. The number of amides is 2. The molecule has 0 spiro atoms. The lowest BCUT2D eigenvalue weighted by Crippen LogP contribution is -2.33. The second-order valence-electron chi connectivity index (χ2n) is 5.74. The van der Waals surface area contributed by atoms with Crippen LogP contribution in [-0.4, -0.2) is 24.0 Å². The van der Waals surface area contributed by atoms with E-state index in [0.717, 1.165) is 0 Å². The quantitative estimate of drug-likeness (QED) is 0.856. The van der Waals surface area contributed by atoms with E-state index in [1.165, 1.54) is 0 Å². The average Bonchev–Trinajstić information content (AvgIpc) is 2.55. The van der Waals surface area contributed by atoms with E-state index < -0.39 is 6.10 Å². The third kappa shape index (κ3) is 4.84. The first kappa shape index (κ1) is 17.5. The van der Waals surface area contributed by atoms with Crippen LogP contribution in [0.1, 0.15) is 31.1 Å². The van der Waals surface area contributed by atoms with Crippen LogP contribution in [0.3, 0.4) is 0 Å². The zero-order chi connectivity index (χ0) is 17.5. The summed E-state index contributed by atoms with van der Waals surface area (Å²) in [6.07, 6.45) is -0.686. The summed E-state index contributed by atoms with van der Waals surface area (Å²) in [5.74, 6) is 0.0761. The topological polar surface area (TPSA) is 67.4 Å². The summed E-state index contributed by atoms with van der Waals surface area (Å²) in [5, 5.41) is 5.58. The van der Waals surface area contributed by atoms with Gasteiger partial charge >= 0.3 is 0 Å². The molecule has 0 aliphatic carbocycles. The summed E-state index contributed by atoms with van der Waals surface area (Å²) in [4.78, 5) is 24.6. The van der Waals surface area contributed by atoms with Gasteiger partial charge in [-0.1, -0.05) is 30.3 Å². The van der Waals surface area contributed by atoms with Gasteiger partial charge < -0.3 is 15.4 Å². The summed E-state index contributed by atoms with van der Waals surface area (Å²) in [6, 6.07) is 16.0. The van der Waals surface area contributed by atoms with Crippen molar-refractivity contribution in [2.24, 2.45) is 0 Å². The van der Waals surface area contributed by atoms with Crippen LogP contribution in [0.4, 0.5) is 5.69 Å². The van der Waals surface area contributed by atoms with Gasteiger partial charge in [-0.3, -0.25) is 9.59 Å². The van der Waals surface area contributed by atoms with Crippen LogP contribution < -0.4 is 15.4 Å². The molecule has 5 nitrogen and oxygen atoms in total. The van der Waals surface area contributed by atoms with Crippen LogP contribution in [0.25, 0.3) is 0 Å². The molecule has 0 radical (unpaired) electrons. The predicted molar refractivity (Wildman–Crippen MR) is 94.2 cm³/mol. The second kappa shape index (κ2) is 8.15. The Morgan fingerprint density at radius 1 is 0.917 bits per heavy atom. The van der Waals surface area contributed by atoms with Crippen LogP contribution in [0.15, 0.2) is 54.6 Å². The number of hydrogen-bond acceptors (Lipinski definition) is 3. The van der Waals surface area contributed by atoms with Crippen molar-refractivity contribution in [2.75, 3.05) is 5.32 Å². The predicted octanol–water partition coefficient (Wildman–Crippen LogP) is 3.23. The van der Waals surface area contributed by atoms with Crippen molar-refractivity contribution in [3.8, 4) is 5.75 Å². The Labute approximate surface area is 142 Å². The van der Waals surface area contributed by atoms with Crippen LogP contribution in [0.5, 0.6) is 5.75 Å². The SMILES string of the molecule is CC(C)NC(=O)c1ccccc1NC(=O)[C@H](C)Oc1ccccc1. The summed E-state index contributed by atoms with van der Waals surface area (Å²) in [5.41, 5.74) is 0.885. The lowest BCUT2D eigenvalue weighted by molar-refractivity contribution is -0.122. The molecular weight excluding hydrogens is 304 g/mol. The van der Waals surface area contributed by atoms with Crippen molar-refractivity contribution in [3.05, 3.63) is 60.2 Å². The number of benzene rings is 2. The first-order valence-electron chi connectivity index (χ1n) is 7.90. The van der Waals surface area contributed by atoms with Crippen LogP contribution in [-0.2, 0) is 4.79 Å². The molecule has 0 heterocycles. The van der Waals surface area contributed by atoms with E-state index in [-0.39, 0.29) is 17.9 Å². The minimum Gasteiger partial charge on any atom is -0.481 e. The van der Waals surface area contributed by atoms with Crippen molar-refractivity contribution in [3.63, 3.8) is 0 Å². The molecule has 2 amide bonds. The Kier molecular flexibility index (Phi) is 5.95. The third-order valence-corrected chi connectivity index (χ3v) is 3.27. The monoisotopic (exact) mass is 326 g/mol. The molecule has 5 heteroatoms. The van der Waals surface area contributed by atoms with E-state index in [1.807, 2.05) is 32.0 Å². The van der Waals surface area contributed by atoms with E-state index >= 15 is 0 Å². The number of anilines is 1. The van der Waals surface area contributed by atoms with Crippen molar-refractivity contribution in [2.45, 2.75) is 32.9 Å². The molecule has 0 aromatic heterocycles. The van der Waals surface area contributed by atoms with Crippen molar-refractivity contribution < 1.29 is 14.3 Å². The lowest BCUT2D eigenvalue weighted by atomic mass is 10.1. The Balaban J connectivity index is 2.07. The maximum atomic E-state index is 12.3. The van der Waals surface area contributed by atoms with Gasteiger partial charge in [0.15, 0.2) is 6.10 Å². The molecule has 0 aliphatic heterocycles. The largest absolute Gasteiger partial charge is 0.481 e. The number of carbonyl (C=O) groups excluding carboxylic acids is 2. The number of nitrogens with one attached hydrogen (secondary N) is 2. The Bertz CT molecular complexity index is 699. The van der Waals surface area contributed by atoms with Crippen molar-refractivity contribution >= 4 is 17.5 Å². The molecule has 2 aromatic carbocycles. The van der Waals surface area contributed by atoms with Crippen molar-refractivity contribution in [1.29, 1.82) is 0 Å². The van der Waals surface area contributed by atoms with E-state index in [9.17, 15) is 9.59 Å². The van der Waals surface area contributed by atoms with Gasteiger partial charge in [0.1, 0.15) is 5.75 Å². The minimum atomic E-state index is -0.686. The Morgan fingerprint density at radius 2 is 1.54 bits per heavy atom. The van der Waals surface area contributed by atoms with Gasteiger partial charge in [0.05, 0.1) is 11.3 Å². The smallest absolute Gasteiger partial charge is 0.265 e. The molecule has 0 saturated heterocycles. The summed E-state index contributed by atoms with van der Waals surface area (Å²) in [7, 11) is 0. The zero-order valence-electron chi connectivity index (χ0n) is 14.1. The highest BCUT2D eigenvalue weighted by Gasteiger charge is 2.18. The number of para-hydroxylation sites is 2. The highest BCUT2D eigenvalue weighted by molar-refractivity contribution is 6.04. The van der Waals surface area contributed by atoms with Gasteiger partial charge in [0.2, 0.25) is 0 Å². The van der Waals surface area contributed by atoms with Crippen LogP contribution in [0.2, 0.25) is 0 Å². The molecule has 0 saturated carbocycles. The maximum absolute atomic E-state index is 12.3. The average molecular weight is 326 g/mol. The van der Waals surface area contributed by atoms with E-state index in [4.69, 9.17) is 4.74 Å². The summed E-state index contributed by atoms with van der Waals surface area (Å²) in [6.45, 7) is 5.43. The molecule has 126 valence electrons. The maximum Gasteiger partial charge on any atom is 0.265 e. The number of rotatable bonds is 6. The highest BCUT2D eigenvalue weighted by atomic mass is 16.5. The van der Waals surface area contributed by atoms with E-state index in [0.29, 0.717) is 17.0 Å². The fraction of sp³-hybridized carbons (Fsp3) is 0.263. The second-order valence-corrected chi connectivity index (χ2v) is 5.74. The van der Waals surface area contributed by atoms with Gasteiger partial charge in [0.25, 0.3) is 11.8 Å². The fourth-order valence-electron chi connectivity index (χ4n) is 2.12. The number of ether oxygens (including phenoxy) is 1. The molecule has 24 heavy (non-hydrogen) atoms. The highest BCUT2D eigenvalue weighted by Crippen LogP contribution is 2.17. The lowest BCUT2D eigenvalue weighted by Gasteiger charge is -2.17. The van der Waals surface area contributed by atoms with E-state index in [2.05, 4.69) is 10.6 Å². The summed E-state index contributed by atoms with van der Waals surface area (Å²) < 4.78 is 5.60. The molecule has 0 unspecified atom stereocenters. The van der Waals surface area contributed by atoms with Crippen LogP contribution >= 0.6 is 0 Å². The van der Waals surface area contributed by atoms with Gasteiger partial charge in [0, 0.05) is 6.04 Å². The molecule has 0 fully saturated rings. The fourth-order valence-corrected chi connectivity index (χ4v) is 2.12. The molecule has 0 bridgehead atoms. The van der Waals surface area contributed by atoms with Gasteiger partial charge in [-0.25, -0.2) is 0 Å². The first-order chi connectivity index (χ1) is 11.5. The Hall–Kier alpha value is -2.82. The Morgan fingerprint density at radius 3 is 2.21 bits per heavy atom. The van der Waals surface area contributed by atoms with Gasteiger partial charge in [-0.05, 0) is 45.0 Å². The van der Waals surface area contributed by atoms with Gasteiger partial charge in [-0.2, -0.15) is 0 Å². The molecule has 0 aliphatic rings. The molecule has 2 aromatic rings. The zero-order valence-corrected chi connectivity index (χ0v) is 14.1. The van der Waals surface area contributed by atoms with Crippen LogP contribution in [0, 0.1) is 0 Å². The van der Waals surface area contributed by atoms with E-state index in [1.54, 1.807) is 43.3 Å². The molecule has 2 N–H and O–H groups in total. The number of hydrogen-bond donors (Lipinski definition) is 2. The number of carbonyl (C=O) groups is 2.